The van der Waals surface area contributed by atoms with E-state index in [2.05, 4.69) is 20.8 Å². The molecule has 1 aromatic rings. The van der Waals surface area contributed by atoms with Gasteiger partial charge in [-0.15, -0.1) is 0 Å². The first kappa shape index (κ1) is 11.6. The molecule has 14 heavy (non-hydrogen) atoms. The highest BCUT2D eigenvalue weighted by Gasteiger charge is 2.13. The van der Waals surface area contributed by atoms with E-state index >= 15 is 0 Å². The number of rotatable bonds is 2. The van der Waals surface area contributed by atoms with Crippen molar-refractivity contribution in [1.29, 1.82) is 0 Å². The van der Waals surface area contributed by atoms with E-state index in [4.69, 9.17) is 9.79 Å². The minimum absolute atomic E-state index is 0.154. The largest absolute Gasteiger partial charge is 0.350 e. The van der Waals surface area contributed by atoms with Crippen LogP contribution >= 0.6 is 8.38 Å². The third-order valence-corrected chi connectivity index (χ3v) is 2.79. The Bertz CT molecular complexity index is 285. The fourth-order valence-electron chi connectivity index (χ4n) is 1.27. The Morgan fingerprint density at radius 1 is 1.07 bits per heavy atom. The molecule has 0 saturated heterocycles. The normalized spacial score (nSPS) is 12.1. The highest BCUT2D eigenvalue weighted by atomic mass is 31.2. The second kappa shape index (κ2) is 4.39. The summed E-state index contributed by atoms with van der Waals surface area (Å²) in [6.45, 7) is 6.48. The molecule has 0 atom stereocenters. The van der Waals surface area contributed by atoms with Crippen molar-refractivity contribution in [3.05, 3.63) is 35.4 Å². The Labute approximate surface area is 86.5 Å². The van der Waals surface area contributed by atoms with Crippen molar-refractivity contribution < 1.29 is 9.79 Å². The summed E-state index contributed by atoms with van der Waals surface area (Å²) >= 11 is 0. The van der Waals surface area contributed by atoms with Gasteiger partial charge in [0.1, 0.15) is 0 Å². The summed E-state index contributed by atoms with van der Waals surface area (Å²) in [4.78, 5) is 17.7. The minimum atomic E-state index is -1.81. The van der Waals surface area contributed by atoms with E-state index in [9.17, 15) is 0 Å². The average Bonchev–Trinajstić information content (AvgIpc) is 2.02. The molecule has 2 N–H and O–H groups in total. The average molecular weight is 212 g/mol. The molecule has 1 aromatic carbocycles. The summed E-state index contributed by atoms with van der Waals surface area (Å²) in [7, 11) is -1.81. The quantitative estimate of drug-likeness (QED) is 0.740. The lowest BCUT2D eigenvalue weighted by Gasteiger charge is -2.19. The molecule has 0 heterocycles. The van der Waals surface area contributed by atoms with Crippen molar-refractivity contribution >= 4 is 8.38 Å². The third-order valence-electron chi connectivity index (χ3n) is 2.14. The number of hydrogen-bond donors (Lipinski definition) is 2. The molecule has 0 bridgehead atoms. The van der Waals surface area contributed by atoms with Gasteiger partial charge < -0.3 is 9.79 Å². The third kappa shape index (κ3) is 3.38. The standard InChI is InChI=1S/C11H17O2P/c1-11(2,3)10-6-4-9(5-7-10)8-14(12)13/h4-7,12-13H,8H2,1-3H3. The van der Waals surface area contributed by atoms with Gasteiger partial charge >= 0.3 is 0 Å². The predicted octanol–water partition coefficient (Wildman–Crippen LogP) is 2.78. The molecule has 1 rings (SSSR count). The molecular formula is C11H17O2P. The Morgan fingerprint density at radius 2 is 1.57 bits per heavy atom. The van der Waals surface area contributed by atoms with Crippen LogP contribution in [0.5, 0.6) is 0 Å². The topological polar surface area (TPSA) is 40.5 Å². The Balaban J connectivity index is 2.79. The lowest BCUT2D eigenvalue weighted by molar-refractivity contribution is 0.481. The van der Waals surface area contributed by atoms with E-state index in [0.717, 1.165) is 5.56 Å². The Morgan fingerprint density at radius 3 is 1.93 bits per heavy atom. The number of hydrogen-bond acceptors (Lipinski definition) is 2. The molecule has 0 aromatic heterocycles. The molecule has 2 nitrogen and oxygen atoms in total. The molecule has 0 radical (unpaired) electrons. The van der Waals surface area contributed by atoms with Crippen LogP contribution in [0.1, 0.15) is 31.9 Å². The molecule has 0 saturated carbocycles. The van der Waals surface area contributed by atoms with Crippen molar-refractivity contribution in [2.75, 3.05) is 0 Å². The van der Waals surface area contributed by atoms with E-state index in [1.807, 2.05) is 24.3 Å². The second-order valence-electron chi connectivity index (χ2n) is 4.48. The van der Waals surface area contributed by atoms with Crippen LogP contribution in [-0.2, 0) is 11.6 Å². The van der Waals surface area contributed by atoms with Crippen LogP contribution in [0.2, 0.25) is 0 Å². The van der Waals surface area contributed by atoms with Crippen LogP contribution in [0.4, 0.5) is 0 Å². The highest BCUT2D eigenvalue weighted by molar-refractivity contribution is 7.44. The first-order valence-electron chi connectivity index (χ1n) is 4.64. The zero-order chi connectivity index (χ0) is 10.8. The van der Waals surface area contributed by atoms with Crippen molar-refractivity contribution in [2.24, 2.45) is 0 Å². The Hall–Kier alpha value is -0.430. The fraction of sp³-hybridized carbons (Fsp3) is 0.455. The molecule has 0 aliphatic heterocycles. The van der Waals surface area contributed by atoms with E-state index < -0.39 is 8.38 Å². The summed E-state index contributed by atoms with van der Waals surface area (Å²) < 4.78 is 0. The van der Waals surface area contributed by atoms with Crippen molar-refractivity contribution in [2.45, 2.75) is 32.3 Å². The zero-order valence-electron chi connectivity index (χ0n) is 8.86. The molecule has 0 fully saturated rings. The summed E-state index contributed by atoms with van der Waals surface area (Å²) in [6, 6.07) is 8.02. The molecule has 78 valence electrons. The van der Waals surface area contributed by atoms with Gasteiger partial charge in [0.2, 0.25) is 0 Å². The van der Waals surface area contributed by atoms with Crippen LogP contribution in [0.15, 0.2) is 24.3 Å². The van der Waals surface area contributed by atoms with Gasteiger partial charge in [-0.3, -0.25) is 0 Å². The molecule has 0 aliphatic carbocycles. The summed E-state index contributed by atoms with van der Waals surface area (Å²) in [6.07, 6.45) is 0.361. The molecule has 0 amide bonds. The van der Waals surface area contributed by atoms with Gasteiger partial charge in [-0.1, -0.05) is 45.0 Å². The van der Waals surface area contributed by atoms with Crippen molar-refractivity contribution in [3.8, 4) is 0 Å². The van der Waals surface area contributed by atoms with Gasteiger partial charge in [0.15, 0.2) is 8.38 Å². The summed E-state index contributed by atoms with van der Waals surface area (Å²) in [5, 5.41) is 0. The molecule has 0 aliphatic rings. The maximum atomic E-state index is 8.86. The van der Waals surface area contributed by atoms with Crippen LogP contribution in [0, 0.1) is 0 Å². The van der Waals surface area contributed by atoms with E-state index in [-0.39, 0.29) is 5.41 Å². The molecular weight excluding hydrogens is 195 g/mol. The molecule has 0 spiro atoms. The first-order chi connectivity index (χ1) is 6.39. The molecule has 3 heteroatoms. The summed E-state index contributed by atoms with van der Waals surface area (Å²) in [5.74, 6) is 0. The monoisotopic (exact) mass is 212 g/mol. The lowest BCUT2D eigenvalue weighted by Crippen LogP contribution is -2.10. The van der Waals surface area contributed by atoms with Gasteiger partial charge in [0.25, 0.3) is 0 Å². The van der Waals surface area contributed by atoms with Gasteiger partial charge in [0, 0.05) is 6.16 Å². The van der Waals surface area contributed by atoms with Gasteiger partial charge in [-0.25, -0.2) is 0 Å². The Kier molecular flexibility index (Phi) is 3.65. The van der Waals surface area contributed by atoms with E-state index in [0.29, 0.717) is 6.16 Å². The highest BCUT2D eigenvalue weighted by Crippen LogP contribution is 2.30. The van der Waals surface area contributed by atoms with Crippen molar-refractivity contribution in [1.82, 2.24) is 0 Å². The van der Waals surface area contributed by atoms with Crippen LogP contribution in [0.3, 0.4) is 0 Å². The predicted molar refractivity (Wildman–Crippen MR) is 60.2 cm³/mol. The van der Waals surface area contributed by atoms with Gasteiger partial charge in [-0.05, 0) is 16.5 Å². The zero-order valence-corrected chi connectivity index (χ0v) is 9.75. The molecule has 0 unspecified atom stereocenters. The van der Waals surface area contributed by atoms with Gasteiger partial charge in [0.05, 0.1) is 0 Å². The van der Waals surface area contributed by atoms with Gasteiger partial charge in [-0.2, -0.15) is 0 Å². The smallest absolute Gasteiger partial charge is 0.169 e. The maximum absolute atomic E-state index is 8.86. The van der Waals surface area contributed by atoms with E-state index in [1.165, 1.54) is 5.56 Å². The van der Waals surface area contributed by atoms with Crippen LogP contribution < -0.4 is 0 Å². The first-order valence-corrected chi connectivity index (χ1v) is 6.07. The number of benzene rings is 1. The second-order valence-corrected chi connectivity index (χ2v) is 5.54. The maximum Gasteiger partial charge on any atom is 0.169 e. The van der Waals surface area contributed by atoms with E-state index in [1.54, 1.807) is 0 Å². The van der Waals surface area contributed by atoms with Crippen LogP contribution in [-0.4, -0.2) is 9.79 Å². The van der Waals surface area contributed by atoms with Crippen LogP contribution in [0.25, 0.3) is 0 Å². The SMILES string of the molecule is CC(C)(C)c1ccc(CP(O)O)cc1. The lowest BCUT2D eigenvalue weighted by atomic mass is 9.87. The summed E-state index contributed by atoms with van der Waals surface area (Å²) in [5.41, 5.74) is 2.40. The fourth-order valence-corrected chi connectivity index (χ4v) is 1.81. The van der Waals surface area contributed by atoms with Crippen molar-refractivity contribution in [3.63, 3.8) is 0 Å². The minimum Gasteiger partial charge on any atom is -0.350 e.